The lowest BCUT2D eigenvalue weighted by molar-refractivity contribution is 0.0696. The van der Waals surface area contributed by atoms with Crippen LogP contribution in [0.4, 0.5) is 0 Å². The summed E-state index contributed by atoms with van der Waals surface area (Å²) in [5, 5.41) is 13.0. The summed E-state index contributed by atoms with van der Waals surface area (Å²) >= 11 is 0. The highest BCUT2D eigenvalue weighted by Crippen LogP contribution is 2.07. The lowest BCUT2D eigenvalue weighted by Gasteiger charge is -1.99. The Kier molecular flexibility index (Phi) is 2.68. The average Bonchev–Trinajstić information content (AvgIpc) is 2.61. The van der Waals surface area contributed by atoms with E-state index in [9.17, 15) is 4.79 Å². The molecule has 0 unspecified atom stereocenters. The molecule has 0 bridgehead atoms. The van der Waals surface area contributed by atoms with Crippen molar-refractivity contribution in [3.63, 3.8) is 0 Å². The van der Waals surface area contributed by atoms with Crippen molar-refractivity contribution in [3.05, 3.63) is 47.5 Å². The molecule has 0 fully saturated rings. The van der Waals surface area contributed by atoms with Gasteiger partial charge < -0.3 is 5.11 Å². The van der Waals surface area contributed by atoms with Crippen molar-refractivity contribution < 1.29 is 9.90 Å². The van der Waals surface area contributed by atoms with Crippen LogP contribution in [0, 0.1) is 6.92 Å². The highest BCUT2D eigenvalue weighted by molar-refractivity contribution is 5.88. The number of carboxylic acid groups (broad SMARTS) is 1. The van der Waals surface area contributed by atoms with Crippen molar-refractivity contribution in [2.75, 3.05) is 0 Å². The summed E-state index contributed by atoms with van der Waals surface area (Å²) in [6.45, 7) is 2.16. The van der Waals surface area contributed by atoms with E-state index in [1.54, 1.807) is 17.8 Å². The molecule has 0 aliphatic rings. The second kappa shape index (κ2) is 4.14. The molecule has 0 amide bonds. The fourth-order valence-corrected chi connectivity index (χ4v) is 1.47. The van der Waals surface area contributed by atoms with E-state index in [1.165, 1.54) is 6.20 Å². The Balaban J connectivity index is 2.23. The normalized spacial score (nSPS) is 10.3. The number of aromatic carboxylic acids is 1. The molecule has 2 aromatic heterocycles. The van der Waals surface area contributed by atoms with Gasteiger partial charge in [-0.3, -0.25) is 9.67 Å². The molecule has 0 spiro atoms. The second-order valence-corrected chi connectivity index (χ2v) is 3.45. The van der Waals surface area contributed by atoms with E-state index in [0.717, 1.165) is 5.69 Å². The van der Waals surface area contributed by atoms with Crippen LogP contribution >= 0.6 is 0 Å². The third-order valence-electron chi connectivity index (χ3n) is 2.23. The van der Waals surface area contributed by atoms with E-state index in [0.29, 0.717) is 12.2 Å². The summed E-state index contributed by atoms with van der Waals surface area (Å²) in [7, 11) is 0. The monoisotopic (exact) mass is 217 g/mol. The first-order valence-electron chi connectivity index (χ1n) is 4.84. The van der Waals surface area contributed by atoms with Gasteiger partial charge in [0.25, 0.3) is 0 Å². The van der Waals surface area contributed by atoms with Crippen molar-refractivity contribution >= 4 is 5.97 Å². The number of aromatic nitrogens is 3. The Morgan fingerprint density at radius 3 is 2.88 bits per heavy atom. The minimum absolute atomic E-state index is 0.232. The fourth-order valence-electron chi connectivity index (χ4n) is 1.47. The van der Waals surface area contributed by atoms with Crippen LogP contribution in [-0.2, 0) is 6.54 Å². The molecule has 5 heteroatoms. The van der Waals surface area contributed by atoms with Crippen LogP contribution in [0.3, 0.4) is 0 Å². The first-order chi connectivity index (χ1) is 7.66. The van der Waals surface area contributed by atoms with Gasteiger partial charge in [-0.15, -0.1) is 0 Å². The fraction of sp³-hybridized carbons (Fsp3) is 0.182. The molecule has 5 nitrogen and oxygen atoms in total. The van der Waals surface area contributed by atoms with Gasteiger partial charge in [0.2, 0.25) is 0 Å². The molecule has 0 saturated carbocycles. The maximum absolute atomic E-state index is 10.8. The molecule has 2 rings (SSSR count). The van der Waals surface area contributed by atoms with Crippen molar-refractivity contribution in [2.45, 2.75) is 13.5 Å². The highest BCUT2D eigenvalue weighted by Gasteiger charge is 2.11. The topological polar surface area (TPSA) is 68.0 Å². The molecule has 0 saturated heterocycles. The average molecular weight is 217 g/mol. The zero-order valence-corrected chi connectivity index (χ0v) is 8.79. The van der Waals surface area contributed by atoms with Crippen LogP contribution in [0.15, 0.2) is 30.6 Å². The van der Waals surface area contributed by atoms with Gasteiger partial charge in [-0.2, -0.15) is 5.10 Å². The van der Waals surface area contributed by atoms with Crippen LogP contribution in [-0.4, -0.2) is 25.8 Å². The summed E-state index contributed by atoms with van der Waals surface area (Å²) in [5.41, 5.74) is 1.60. The number of aryl methyl sites for hydroxylation is 1. The Bertz CT molecular complexity index is 505. The Hall–Kier alpha value is -2.17. The molecule has 0 aliphatic heterocycles. The largest absolute Gasteiger partial charge is 0.478 e. The van der Waals surface area contributed by atoms with E-state index in [4.69, 9.17) is 5.11 Å². The number of pyridine rings is 1. The van der Waals surface area contributed by atoms with Crippen LogP contribution in [0.1, 0.15) is 21.7 Å². The van der Waals surface area contributed by atoms with Crippen LogP contribution in [0.2, 0.25) is 0 Å². The number of rotatable bonds is 3. The molecule has 82 valence electrons. The molecular formula is C11H11N3O2. The molecule has 0 aliphatic carbocycles. The number of hydrogen-bond acceptors (Lipinski definition) is 3. The number of carboxylic acids is 1. The molecule has 0 radical (unpaired) electrons. The van der Waals surface area contributed by atoms with Crippen molar-refractivity contribution in [1.29, 1.82) is 0 Å². The van der Waals surface area contributed by atoms with Gasteiger partial charge in [0, 0.05) is 12.4 Å². The lowest BCUT2D eigenvalue weighted by atomic mass is 10.3. The molecule has 2 aromatic rings. The van der Waals surface area contributed by atoms with Gasteiger partial charge in [0.05, 0.1) is 17.9 Å². The first kappa shape index (κ1) is 10.4. The molecule has 0 atom stereocenters. The summed E-state index contributed by atoms with van der Waals surface area (Å²) < 4.78 is 1.58. The maximum Gasteiger partial charge on any atom is 0.339 e. The Labute approximate surface area is 92.4 Å². The van der Waals surface area contributed by atoms with Crippen LogP contribution in [0.25, 0.3) is 0 Å². The molecule has 0 aromatic carbocycles. The maximum atomic E-state index is 10.8. The zero-order valence-electron chi connectivity index (χ0n) is 8.79. The molecule has 16 heavy (non-hydrogen) atoms. The molecule has 1 N–H and O–H groups in total. The molecular weight excluding hydrogens is 206 g/mol. The van der Waals surface area contributed by atoms with Gasteiger partial charge >= 0.3 is 5.97 Å². The van der Waals surface area contributed by atoms with Crippen LogP contribution < -0.4 is 0 Å². The minimum atomic E-state index is -0.954. The summed E-state index contributed by atoms with van der Waals surface area (Å²) in [4.78, 5) is 15.0. The predicted molar refractivity (Wildman–Crippen MR) is 57.3 cm³/mol. The number of nitrogens with zero attached hydrogens (tertiary/aromatic N) is 3. The van der Waals surface area contributed by atoms with E-state index >= 15 is 0 Å². The van der Waals surface area contributed by atoms with Crippen LogP contribution in [0.5, 0.6) is 0 Å². The smallest absolute Gasteiger partial charge is 0.339 e. The second-order valence-electron chi connectivity index (χ2n) is 3.45. The van der Waals surface area contributed by atoms with Gasteiger partial charge in [-0.25, -0.2) is 4.79 Å². The van der Waals surface area contributed by atoms with E-state index in [2.05, 4.69) is 10.1 Å². The van der Waals surface area contributed by atoms with E-state index in [1.807, 2.05) is 18.2 Å². The Morgan fingerprint density at radius 1 is 1.50 bits per heavy atom. The van der Waals surface area contributed by atoms with E-state index < -0.39 is 5.97 Å². The summed E-state index contributed by atoms with van der Waals surface area (Å²) in [6.07, 6.45) is 3.22. The van der Waals surface area contributed by atoms with Crippen molar-refractivity contribution in [3.8, 4) is 0 Å². The SMILES string of the molecule is Cc1nn(Cc2ccccn2)cc1C(=O)O. The van der Waals surface area contributed by atoms with Gasteiger partial charge in [0.15, 0.2) is 0 Å². The summed E-state index contributed by atoms with van der Waals surface area (Å²) in [6, 6.07) is 5.59. The number of carbonyl (C=O) groups is 1. The van der Waals surface area contributed by atoms with E-state index in [-0.39, 0.29) is 5.56 Å². The molecule has 2 heterocycles. The van der Waals surface area contributed by atoms with Crippen molar-refractivity contribution in [1.82, 2.24) is 14.8 Å². The lowest BCUT2D eigenvalue weighted by Crippen LogP contribution is -2.02. The quantitative estimate of drug-likeness (QED) is 0.842. The zero-order chi connectivity index (χ0) is 11.5. The third-order valence-corrected chi connectivity index (χ3v) is 2.23. The first-order valence-corrected chi connectivity index (χ1v) is 4.84. The van der Waals surface area contributed by atoms with Gasteiger partial charge in [-0.1, -0.05) is 6.07 Å². The Morgan fingerprint density at radius 2 is 2.31 bits per heavy atom. The van der Waals surface area contributed by atoms with Crippen molar-refractivity contribution in [2.24, 2.45) is 0 Å². The standard InChI is InChI=1S/C11H11N3O2/c1-8-10(11(15)16)7-14(13-8)6-9-4-2-3-5-12-9/h2-5,7H,6H2,1H3,(H,15,16). The summed E-state index contributed by atoms with van der Waals surface area (Å²) in [5.74, 6) is -0.954. The number of hydrogen-bond donors (Lipinski definition) is 1. The predicted octanol–water partition coefficient (Wildman–Crippen LogP) is 1.33. The highest BCUT2D eigenvalue weighted by atomic mass is 16.4. The van der Waals surface area contributed by atoms with Gasteiger partial charge in [-0.05, 0) is 19.1 Å². The minimum Gasteiger partial charge on any atom is -0.478 e. The third kappa shape index (κ3) is 2.08. The van der Waals surface area contributed by atoms with Gasteiger partial charge in [0.1, 0.15) is 5.56 Å².